The summed E-state index contributed by atoms with van der Waals surface area (Å²) < 4.78 is 14.1. The second-order valence-electron chi connectivity index (χ2n) is 4.93. The van der Waals surface area contributed by atoms with Crippen LogP contribution in [-0.2, 0) is 12.8 Å². The van der Waals surface area contributed by atoms with Gasteiger partial charge in [0.05, 0.1) is 11.7 Å². The van der Waals surface area contributed by atoms with Crippen molar-refractivity contribution in [1.82, 2.24) is 10.3 Å². The molecule has 0 saturated heterocycles. The molecule has 1 aliphatic carbocycles. The van der Waals surface area contributed by atoms with Gasteiger partial charge in [-0.15, -0.1) is 11.3 Å². The Morgan fingerprint density at radius 3 is 3.00 bits per heavy atom. The molecule has 0 amide bonds. The van der Waals surface area contributed by atoms with E-state index in [1.807, 2.05) is 6.07 Å². The first-order chi connectivity index (χ1) is 9.69. The van der Waals surface area contributed by atoms with Gasteiger partial charge >= 0.3 is 0 Å². The van der Waals surface area contributed by atoms with Crippen LogP contribution in [0.4, 0.5) is 4.39 Å². The quantitative estimate of drug-likeness (QED) is 0.888. The Balaban J connectivity index is 1.99. The molecule has 0 aliphatic heterocycles. The summed E-state index contributed by atoms with van der Waals surface area (Å²) in [5.74, 6) is -0.225. The standard InChI is InChI=1S/C15H16BrFN2S/c1-2-18-14(10-7-6-9(17)8-11(10)16)15-19-12-4-3-5-13(12)20-15/h6-8,14,18H,2-5H2,1H3. The van der Waals surface area contributed by atoms with Gasteiger partial charge < -0.3 is 5.32 Å². The Bertz CT molecular complexity index is 605. The number of hydrogen-bond acceptors (Lipinski definition) is 3. The van der Waals surface area contributed by atoms with Crippen molar-refractivity contribution in [3.05, 3.63) is 49.6 Å². The molecule has 2 nitrogen and oxygen atoms in total. The van der Waals surface area contributed by atoms with Crippen LogP contribution in [0.1, 0.15) is 40.5 Å². The van der Waals surface area contributed by atoms with Gasteiger partial charge in [0.15, 0.2) is 0 Å². The smallest absolute Gasteiger partial charge is 0.124 e. The first kappa shape index (κ1) is 14.2. The fourth-order valence-electron chi connectivity index (χ4n) is 2.60. The predicted molar refractivity (Wildman–Crippen MR) is 83.8 cm³/mol. The second kappa shape index (κ2) is 5.92. The number of aryl methyl sites for hydroxylation is 2. The zero-order chi connectivity index (χ0) is 14.1. The first-order valence-corrected chi connectivity index (χ1v) is 8.46. The van der Waals surface area contributed by atoms with Gasteiger partial charge in [-0.25, -0.2) is 9.37 Å². The highest BCUT2D eigenvalue weighted by Gasteiger charge is 2.24. The molecule has 5 heteroatoms. The Hall–Kier alpha value is -0.780. The molecule has 0 spiro atoms. The molecule has 0 bridgehead atoms. The van der Waals surface area contributed by atoms with Crippen LogP contribution in [-0.4, -0.2) is 11.5 Å². The molecule has 1 aliphatic rings. The Labute approximate surface area is 130 Å². The van der Waals surface area contributed by atoms with Crippen LogP contribution >= 0.6 is 27.3 Å². The van der Waals surface area contributed by atoms with E-state index < -0.39 is 0 Å². The summed E-state index contributed by atoms with van der Waals surface area (Å²) in [7, 11) is 0. The minimum Gasteiger partial charge on any atom is -0.305 e. The van der Waals surface area contributed by atoms with Crippen molar-refractivity contribution in [2.75, 3.05) is 6.54 Å². The lowest BCUT2D eigenvalue weighted by Crippen LogP contribution is -2.22. The van der Waals surface area contributed by atoms with Crippen molar-refractivity contribution in [3.63, 3.8) is 0 Å². The van der Waals surface area contributed by atoms with Crippen LogP contribution in [0.15, 0.2) is 22.7 Å². The molecule has 1 aromatic heterocycles. The molecule has 20 heavy (non-hydrogen) atoms. The minimum absolute atomic E-state index is 0.0329. The van der Waals surface area contributed by atoms with E-state index in [0.717, 1.165) is 34.4 Å². The van der Waals surface area contributed by atoms with E-state index in [4.69, 9.17) is 4.98 Å². The first-order valence-electron chi connectivity index (χ1n) is 6.86. The summed E-state index contributed by atoms with van der Waals surface area (Å²) in [6.45, 7) is 2.92. The summed E-state index contributed by atoms with van der Waals surface area (Å²) in [4.78, 5) is 6.21. The van der Waals surface area contributed by atoms with E-state index in [1.165, 1.54) is 29.1 Å². The van der Waals surface area contributed by atoms with Crippen LogP contribution < -0.4 is 5.32 Å². The number of rotatable bonds is 4. The Kier molecular flexibility index (Phi) is 4.19. The summed E-state index contributed by atoms with van der Waals surface area (Å²) >= 11 is 5.26. The molecule has 106 valence electrons. The molecule has 0 fully saturated rings. The lowest BCUT2D eigenvalue weighted by atomic mass is 10.1. The highest BCUT2D eigenvalue weighted by Crippen LogP contribution is 2.35. The van der Waals surface area contributed by atoms with Gasteiger partial charge in [0.1, 0.15) is 10.8 Å². The number of fused-ring (bicyclic) bond motifs is 1. The Morgan fingerprint density at radius 2 is 2.30 bits per heavy atom. The monoisotopic (exact) mass is 354 g/mol. The van der Waals surface area contributed by atoms with Gasteiger partial charge in [-0.1, -0.05) is 28.9 Å². The molecule has 2 aromatic rings. The van der Waals surface area contributed by atoms with Crippen molar-refractivity contribution >= 4 is 27.3 Å². The minimum atomic E-state index is -0.225. The molecule has 1 aromatic carbocycles. The average molecular weight is 355 g/mol. The number of benzene rings is 1. The molecular weight excluding hydrogens is 339 g/mol. The molecule has 1 atom stereocenters. The Morgan fingerprint density at radius 1 is 1.45 bits per heavy atom. The molecule has 3 rings (SSSR count). The second-order valence-corrected chi connectivity index (χ2v) is 6.90. The number of thiazole rings is 1. The van der Waals surface area contributed by atoms with Gasteiger partial charge in [-0.2, -0.15) is 0 Å². The van der Waals surface area contributed by atoms with Gasteiger partial charge in [0.25, 0.3) is 0 Å². The van der Waals surface area contributed by atoms with Gasteiger partial charge in [0, 0.05) is 9.35 Å². The molecule has 1 unspecified atom stereocenters. The van der Waals surface area contributed by atoms with Crippen LogP contribution in [0.2, 0.25) is 0 Å². The lowest BCUT2D eigenvalue weighted by molar-refractivity contribution is 0.608. The van der Waals surface area contributed by atoms with Crippen molar-refractivity contribution in [3.8, 4) is 0 Å². The van der Waals surface area contributed by atoms with Crippen molar-refractivity contribution in [1.29, 1.82) is 0 Å². The molecule has 1 N–H and O–H groups in total. The summed E-state index contributed by atoms with van der Waals surface area (Å²) in [5, 5.41) is 4.55. The predicted octanol–water partition coefficient (Wildman–Crippen LogP) is 4.23. The number of hydrogen-bond donors (Lipinski definition) is 1. The van der Waals surface area contributed by atoms with E-state index in [9.17, 15) is 4.39 Å². The number of halogens is 2. The summed E-state index contributed by atoms with van der Waals surface area (Å²) in [5.41, 5.74) is 2.30. The zero-order valence-corrected chi connectivity index (χ0v) is 13.7. The van der Waals surface area contributed by atoms with Crippen molar-refractivity contribution in [2.24, 2.45) is 0 Å². The van der Waals surface area contributed by atoms with E-state index >= 15 is 0 Å². The number of nitrogens with zero attached hydrogens (tertiary/aromatic N) is 1. The zero-order valence-electron chi connectivity index (χ0n) is 11.2. The van der Waals surface area contributed by atoms with Gasteiger partial charge in [-0.05, 0) is 43.5 Å². The lowest BCUT2D eigenvalue weighted by Gasteiger charge is -2.17. The van der Waals surface area contributed by atoms with E-state index in [-0.39, 0.29) is 11.9 Å². The summed E-state index contributed by atoms with van der Waals surface area (Å²) in [6, 6.07) is 4.89. The fourth-order valence-corrected chi connectivity index (χ4v) is 4.43. The van der Waals surface area contributed by atoms with Crippen LogP contribution in [0.25, 0.3) is 0 Å². The van der Waals surface area contributed by atoms with Crippen LogP contribution in [0.3, 0.4) is 0 Å². The van der Waals surface area contributed by atoms with Crippen LogP contribution in [0.5, 0.6) is 0 Å². The number of nitrogens with one attached hydrogen (secondary N) is 1. The van der Waals surface area contributed by atoms with Gasteiger partial charge in [-0.3, -0.25) is 0 Å². The van der Waals surface area contributed by atoms with E-state index in [1.54, 1.807) is 11.3 Å². The number of aromatic nitrogens is 1. The maximum Gasteiger partial charge on any atom is 0.124 e. The van der Waals surface area contributed by atoms with E-state index in [0.29, 0.717) is 0 Å². The molecule has 1 heterocycles. The van der Waals surface area contributed by atoms with Crippen LogP contribution in [0, 0.1) is 5.82 Å². The normalized spacial score (nSPS) is 15.3. The maximum absolute atomic E-state index is 13.3. The molecular formula is C15H16BrFN2S. The highest BCUT2D eigenvalue weighted by atomic mass is 79.9. The van der Waals surface area contributed by atoms with Crippen molar-refractivity contribution < 1.29 is 4.39 Å². The largest absolute Gasteiger partial charge is 0.305 e. The molecule has 0 radical (unpaired) electrons. The SMILES string of the molecule is CCNC(c1nc2c(s1)CCC2)c1ccc(F)cc1Br. The fraction of sp³-hybridized carbons (Fsp3) is 0.400. The highest BCUT2D eigenvalue weighted by molar-refractivity contribution is 9.10. The van der Waals surface area contributed by atoms with Gasteiger partial charge in [0.2, 0.25) is 0 Å². The molecule has 0 saturated carbocycles. The maximum atomic E-state index is 13.3. The third-order valence-electron chi connectivity index (χ3n) is 3.54. The third kappa shape index (κ3) is 2.67. The third-order valence-corrected chi connectivity index (χ3v) is 5.45. The van der Waals surface area contributed by atoms with Crippen molar-refractivity contribution in [2.45, 2.75) is 32.2 Å². The van der Waals surface area contributed by atoms with E-state index in [2.05, 4.69) is 28.2 Å². The summed E-state index contributed by atoms with van der Waals surface area (Å²) in [6.07, 6.45) is 3.46. The average Bonchev–Trinajstić information content (AvgIpc) is 2.97. The topological polar surface area (TPSA) is 24.9 Å².